The van der Waals surface area contributed by atoms with Gasteiger partial charge < -0.3 is 20.3 Å². The minimum Gasteiger partial charge on any atom is -0.378 e. The number of carbonyl (C=O) groups excluding carboxylic acids is 2. The van der Waals surface area contributed by atoms with E-state index in [1.807, 2.05) is 6.92 Å². The zero-order valence-electron chi connectivity index (χ0n) is 17.4. The Labute approximate surface area is 196 Å². The fraction of sp³-hybridized carbons (Fsp3) is 0.300. The van der Waals surface area contributed by atoms with Gasteiger partial charge >= 0.3 is 0 Å². The molecule has 1 aromatic carbocycles. The highest BCUT2D eigenvalue weighted by molar-refractivity contribution is 7.15. The number of nitrogens with zero attached hydrogens (tertiary/aromatic N) is 3. The SMILES string of the molecule is Cc1nc(N2CCOCC2)sc1CNC(=O)c1cc(NC(=O)c2cc(F)c(F)cc2Cl)[nH]n1. The molecule has 0 aliphatic carbocycles. The molecule has 0 radical (unpaired) electrons. The Morgan fingerprint density at radius 2 is 1.94 bits per heavy atom. The van der Waals surface area contributed by atoms with Gasteiger partial charge in [0.1, 0.15) is 5.82 Å². The van der Waals surface area contributed by atoms with Crippen LogP contribution < -0.4 is 15.5 Å². The number of aromatic amines is 1. The van der Waals surface area contributed by atoms with Crippen molar-refractivity contribution in [3.05, 3.63) is 56.7 Å². The monoisotopic (exact) mass is 496 g/mol. The summed E-state index contributed by atoms with van der Waals surface area (Å²) in [4.78, 5) is 32.4. The number of anilines is 2. The van der Waals surface area contributed by atoms with Crippen LogP contribution in [0.25, 0.3) is 0 Å². The highest BCUT2D eigenvalue weighted by atomic mass is 35.5. The Morgan fingerprint density at radius 1 is 1.21 bits per heavy atom. The summed E-state index contributed by atoms with van der Waals surface area (Å²) in [5.41, 5.74) is 0.616. The minimum absolute atomic E-state index is 0.0391. The molecular formula is C20H19ClF2N6O3S. The van der Waals surface area contributed by atoms with Gasteiger partial charge in [0.2, 0.25) is 0 Å². The molecule has 0 unspecified atom stereocenters. The van der Waals surface area contributed by atoms with E-state index in [1.54, 1.807) is 0 Å². The molecular weight excluding hydrogens is 478 g/mol. The Morgan fingerprint density at radius 3 is 2.70 bits per heavy atom. The van der Waals surface area contributed by atoms with Gasteiger partial charge in [0.05, 0.1) is 36.0 Å². The average molecular weight is 497 g/mol. The fourth-order valence-electron chi connectivity index (χ4n) is 3.11. The van der Waals surface area contributed by atoms with Crippen molar-refractivity contribution in [2.75, 3.05) is 36.5 Å². The summed E-state index contributed by atoms with van der Waals surface area (Å²) >= 11 is 7.32. The quantitative estimate of drug-likeness (QED) is 0.452. The van der Waals surface area contributed by atoms with Crippen molar-refractivity contribution >= 4 is 45.7 Å². The molecule has 3 aromatic rings. The number of hydrogen-bond donors (Lipinski definition) is 3. The van der Waals surface area contributed by atoms with Crippen LogP contribution in [0.4, 0.5) is 19.7 Å². The number of rotatable bonds is 6. The van der Waals surface area contributed by atoms with Gasteiger partial charge in [-0.3, -0.25) is 14.7 Å². The molecule has 174 valence electrons. The lowest BCUT2D eigenvalue weighted by molar-refractivity contribution is 0.0945. The predicted octanol–water partition coefficient (Wildman–Crippen LogP) is 3.13. The van der Waals surface area contributed by atoms with Gasteiger partial charge in [-0.25, -0.2) is 13.8 Å². The van der Waals surface area contributed by atoms with Crippen LogP contribution in [0.1, 0.15) is 31.4 Å². The third-order valence-corrected chi connectivity index (χ3v) is 6.42. The van der Waals surface area contributed by atoms with E-state index in [-0.39, 0.29) is 28.6 Å². The molecule has 0 atom stereocenters. The summed E-state index contributed by atoms with van der Waals surface area (Å²) in [6.07, 6.45) is 0. The molecule has 1 aliphatic rings. The van der Waals surface area contributed by atoms with E-state index in [0.717, 1.165) is 28.8 Å². The Bertz CT molecular complexity index is 1190. The van der Waals surface area contributed by atoms with Crippen LogP contribution in [-0.2, 0) is 11.3 Å². The number of nitrogens with one attached hydrogen (secondary N) is 3. The lowest BCUT2D eigenvalue weighted by Crippen LogP contribution is -2.36. The first-order chi connectivity index (χ1) is 15.8. The number of amides is 2. The van der Waals surface area contributed by atoms with Crippen molar-refractivity contribution in [3.63, 3.8) is 0 Å². The van der Waals surface area contributed by atoms with E-state index in [4.69, 9.17) is 16.3 Å². The van der Waals surface area contributed by atoms with Crippen molar-refractivity contribution in [2.45, 2.75) is 13.5 Å². The van der Waals surface area contributed by atoms with E-state index in [1.165, 1.54) is 17.4 Å². The number of benzene rings is 1. The highest BCUT2D eigenvalue weighted by Crippen LogP contribution is 2.27. The van der Waals surface area contributed by atoms with Crippen LogP contribution in [0.15, 0.2) is 18.2 Å². The topological polar surface area (TPSA) is 112 Å². The lowest BCUT2D eigenvalue weighted by atomic mass is 10.2. The summed E-state index contributed by atoms with van der Waals surface area (Å²) in [6.45, 7) is 5.02. The van der Waals surface area contributed by atoms with E-state index in [9.17, 15) is 18.4 Å². The van der Waals surface area contributed by atoms with Gasteiger partial charge in [-0.2, -0.15) is 5.10 Å². The number of morpholine rings is 1. The van der Waals surface area contributed by atoms with Crippen molar-refractivity contribution in [2.24, 2.45) is 0 Å². The average Bonchev–Trinajstić information content (AvgIpc) is 3.41. The Hall–Kier alpha value is -3.09. The van der Waals surface area contributed by atoms with Crippen LogP contribution in [0.5, 0.6) is 0 Å². The number of hydrogen-bond acceptors (Lipinski definition) is 7. The zero-order valence-corrected chi connectivity index (χ0v) is 18.9. The highest BCUT2D eigenvalue weighted by Gasteiger charge is 2.19. The first-order valence-electron chi connectivity index (χ1n) is 9.90. The second kappa shape index (κ2) is 9.81. The molecule has 2 amide bonds. The Kier molecular flexibility index (Phi) is 6.86. The third kappa shape index (κ3) is 5.29. The molecule has 9 nitrogen and oxygen atoms in total. The van der Waals surface area contributed by atoms with Crippen LogP contribution >= 0.6 is 22.9 Å². The Balaban J connectivity index is 1.36. The maximum absolute atomic E-state index is 13.4. The van der Waals surface area contributed by atoms with Gasteiger partial charge in [-0.15, -0.1) is 0 Å². The van der Waals surface area contributed by atoms with Gasteiger partial charge in [-0.05, 0) is 19.1 Å². The van der Waals surface area contributed by atoms with Crippen molar-refractivity contribution < 1.29 is 23.1 Å². The van der Waals surface area contributed by atoms with Gasteiger partial charge in [0.25, 0.3) is 11.8 Å². The van der Waals surface area contributed by atoms with Crippen molar-refractivity contribution in [3.8, 4) is 0 Å². The van der Waals surface area contributed by atoms with E-state index in [0.29, 0.717) is 25.3 Å². The van der Waals surface area contributed by atoms with Crippen LogP contribution in [0.2, 0.25) is 5.02 Å². The molecule has 4 rings (SSSR count). The number of carbonyl (C=O) groups is 2. The number of H-pyrrole nitrogens is 1. The summed E-state index contributed by atoms with van der Waals surface area (Å²) in [5, 5.41) is 12.2. The summed E-state index contributed by atoms with van der Waals surface area (Å²) < 4.78 is 32.0. The van der Waals surface area contributed by atoms with Gasteiger partial charge in [0, 0.05) is 24.0 Å². The lowest BCUT2D eigenvalue weighted by Gasteiger charge is -2.26. The van der Waals surface area contributed by atoms with Crippen molar-refractivity contribution in [1.29, 1.82) is 0 Å². The molecule has 1 saturated heterocycles. The molecule has 2 aromatic heterocycles. The second-order valence-corrected chi connectivity index (χ2v) is 8.62. The normalized spacial score (nSPS) is 13.8. The van der Waals surface area contributed by atoms with Crippen LogP contribution in [-0.4, -0.2) is 53.3 Å². The molecule has 3 heterocycles. The van der Waals surface area contributed by atoms with E-state index >= 15 is 0 Å². The number of aromatic nitrogens is 3. The molecule has 13 heteroatoms. The first kappa shape index (κ1) is 23.1. The molecule has 1 fully saturated rings. The maximum Gasteiger partial charge on any atom is 0.272 e. The second-order valence-electron chi connectivity index (χ2n) is 7.15. The van der Waals surface area contributed by atoms with Gasteiger partial charge in [0.15, 0.2) is 22.5 Å². The third-order valence-electron chi connectivity index (χ3n) is 4.89. The fourth-order valence-corrected chi connectivity index (χ4v) is 4.39. The van der Waals surface area contributed by atoms with Crippen LogP contribution in [0.3, 0.4) is 0 Å². The summed E-state index contributed by atoms with van der Waals surface area (Å²) in [7, 11) is 0. The number of halogens is 3. The number of ether oxygens (including phenoxy) is 1. The van der Waals surface area contributed by atoms with Crippen molar-refractivity contribution in [1.82, 2.24) is 20.5 Å². The van der Waals surface area contributed by atoms with Crippen LogP contribution in [0, 0.1) is 18.6 Å². The molecule has 1 aliphatic heterocycles. The largest absolute Gasteiger partial charge is 0.378 e. The smallest absolute Gasteiger partial charge is 0.272 e. The number of thiazole rings is 1. The molecule has 0 saturated carbocycles. The summed E-state index contributed by atoms with van der Waals surface area (Å²) in [6, 6.07) is 2.72. The van der Waals surface area contributed by atoms with E-state index in [2.05, 4.69) is 30.7 Å². The van der Waals surface area contributed by atoms with Gasteiger partial charge in [-0.1, -0.05) is 22.9 Å². The van der Waals surface area contributed by atoms with E-state index < -0.39 is 23.4 Å². The first-order valence-corrected chi connectivity index (χ1v) is 11.1. The minimum atomic E-state index is -1.20. The maximum atomic E-state index is 13.4. The number of aryl methyl sites for hydroxylation is 1. The standard InChI is InChI=1S/C20H19ClF2N6O3S/c1-10-16(33-20(25-10)29-2-4-32-5-3-29)9-24-19(31)15-8-17(28-27-15)26-18(30)11-6-13(22)14(23)7-12(11)21/h6-8H,2-5,9H2,1H3,(H,24,31)(H2,26,27,28,30). The molecule has 33 heavy (non-hydrogen) atoms. The molecule has 0 spiro atoms. The summed E-state index contributed by atoms with van der Waals surface area (Å²) in [5.74, 6) is -3.52. The predicted molar refractivity (Wildman–Crippen MR) is 119 cm³/mol. The molecule has 3 N–H and O–H groups in total. The molecule has 0 bridgehead atoms. The zero-order chi connectivity index (χ0) is 23.5.